The van der Waals surface area contributed by atoms with Crippen LogP contribution in [-0.4, -0.2) is 19.7 Å². The summed E-state index contributed by atoms with van der Waals surface area (Å²) < 4.78 is 2.70. The lowest BCUT2D eigenvalue weighted by Gasteiger charge is -2.05. The quantitative estimate of drug-likeness (QED) is 0.868. The van der Waals surface area contributed by atoms with Crippen LogP contribution in [0.25, 0.3) is 10.7 Å². The van der Waals surface area contributed by atoms with Crippen molar-refractivity contribution in [2.45, 2.75) is 46.6 Å². The molecule has 2 aromatic heterocycles. The number of nitrogens with zero attached hydrogens (tertiary/aromatic N) is 3. The Morgan fingerprint density at radius 3 is 2.67 bits per heavy atom. The molecule has 0 unspecified atom stereocenters. The molecule has 0 aliphatic carbocycles. The molecule has 2 aromatic rings. The number of hydrogen-bond acceptors (Lipinski definition) is 4. The monoisotopic (exact) mass is 282 g/mol. The molecule has 0 saturated heterocycles. The number of thiazole rings is 1. The Morgan fingerprint density at radius 2 is 2.11 bits per heavy atom. The van der Waals surface area contributed by atoms with Gasteiger partial charge in [-0.2, -0.15) is 5.10 Å². The molecule has 2 heterocycles. The van der Waals surface area contributed by atoms with Crippen LogP contribution in [-0.2, 0) is 13.0 Å². The minimum atomic E-state index is 0.395. The minimum Gasteiger partial charge on any atom is -0.300 e. The average molecular weight is 282 g/mol. The fraction of sp³-hybridized carbons (Fsp3) is 0.583. The number of aryl methyl sites for hydroxylation is 1. The molecule has 98 valence electrons. The number of H-pyrrole nitrogens is 1. The highest BCUT2D eigenvalue weighted by Gasteiger charge is 2.19. The summed E-state index contributed by atoms with van der Waals surface area (Å²) in [5.74, 6) is 1.32. The van der Waals surface area contributed by atoms with Crippen LogP contribution < -0.4 is 0 Å². The third-order valence-corrected chi connectivity index (χ3v) is 4.35. The summed E-state index contributed by atoms with van der Waals surface area (Å²) in [6.45, 7) is 9.35. The summed E-state index contributed by atoms with van der Waals surface area (Å²) in [7, 11) is 0. The Labute approximate surface area is 116 Å². The van der Waals surface area contributed by atoms with Crippen molar-refractivity contribution in [1.29, 1.82) is 0 Å². The first-order valence-corrected chi connectivity index (χ1v) is 7.46. The second-order valence-corrected chi connectivity index (χ2v) is 5.90. The van der Waals surface area contributed by atoms with Crippen LogP contribution in [0.15, 0.2) is 0 Å². The lowest BCUT2D eigenvalue weighted by atomic mass is 10.1. The Hall–Kier alpha value is -1.01. The number of aromatic nitrogens is 4. The van der Waals surface area contributed by atoms with Gasteiger partial charge in [-0.15, -0.1) is 11.3 Å². The van der Waals surface area contributed by atoms with Crippen LogP contribution in [0.5, 0.6) is 0 Å². The molecular formula is C12H18N4S2. The zero-order valence-electron chi connectivity index (χ0n) is 11.1. The number of hydrogen-bond donors (Lipinski definition) is 1. The van der Waals surface area contributed by atoms with Crippen LogP contribution >= 0.6 is 23.6 Å². The van der Waals surface area contributed by atoms with Crippen LogP contribution in [0.3, 0.4) is 0 Å². The molecule has 6 heteroatoms. The molecular weight excluding hydrogens is 264 g/mol. The fourth-order valence-electron chi connectivity index (χ4n) is 1.87. The van der Waals surface area contributed by atoms with Crippen LogP contribution in [0.4, 0.5) is 0 Å². The van der Waals surface area contributed by atoms with E-state index in [0.717, 1.165) is 34.4 Å². The molecule has 0 saturated carbocycles. The largest absolute Gasteiger partial charge is 0.300 e. The van der Waals surface area contributed by atoms with E-state index in [1.807, 2.05) is 4.57 Å². The molecule has 0 fully saturated rings. The van der Waals surface area contributed by atoms with Crippen molar-refractivity contribution in [2.24, 2.45) is 0 Å². The van der Waals surface area contributed by atoms with Crippen LogP contribution in [0, 0.1) is 4.77 Å². The van der Waals surface area contributed by atoms with Crippen molar-refractivity contribution in [1.82, 2.24) is 19.7 Å². The second kappa shape index (κ2) is 5.32. The maximum atomic E-state index is 5.25. The summed E-state index contributed by atoms with van der Waals surface area (Å²) in [5.41, 5.74) is 1.13. The van der Waals surface area contributed by atoms with Crippen molar-refractivity contribution >= 4 is 23.6 Å². The summed E-state index contributed by atoms with van der Waals surface area (Å²) in [5, 5.41) is 8.40. The van der Waals surface area contributed by atoms with Crippen molar-refractivity contribution < 1.29 is 0 Å². The van der Waals surface area contributed by atoms with E-state index in [2.05, 4.69) is 37.9 Å². The van der Waals surface area contributed by atoms with E-state index in [4.69, 9.17) is 17.2 Å². The molecule has 1 N–H and O–H groups in total. The highest BCUT2D eigenvalue weighted by atomic mass is 32.1. The second-order valence-electron chi connectivity index (χ2n) is 4.43. The number of nitrogens with one attached hydrogen (secondary N) is 1. The van der Waals surface area contributed by atoms with E-state index in [-0.39, 0.29) is 0 Å². The van der Waals surface area contributed by atoms with Gasteiger partial charge < -0.3 is 0 Å². The third-order valence-electron chi connectivity index (χ3n) is 2.82. The zero-order chi connectivity index (χ0) is 13.3. The van der Waals surface area contributed by atoms with Crippen LogP contribution in [0.2, 0.25) is 0 Å². The fourth-order valence-corrected chi connectivity index (χ4v) is 3.28. The summed E-state index contributed by atoms with van der Waals surface area (Å²) >= 11 is 6.97. The first kappa shape index (κ1) is 13.4. The first-order chi connectivity index (χ1) is 8.58. The maximum Gasteiger partial charge on any atom is 0.195 e. The van der Waals surface area contributed by atoms with Gasteiger partial charge in [0.15, 0.2) is 10.6 Å². The van der Waals surface area contributed by atoms with Crippen molar-refractivity contribution in [2.75, 3.05) is 0 Å². The molecule has 0 amide bonds. The number of rotatable bonds is 4. The molecule has 4 nitrogen and oxygen atoms in total. The minimum absolute atomic E-state index is 0.395. The van der Waals surface area contributed by atoms with Gasteiger partial charge in [-0.05, 0) is 31.5 Å². The predicted molar refractivity (Wildman–Crippen MR) is 77.7 cm³/mol. The smallest absolute Gasteiger partial charge is 0.195 e. The summed E-state index contributed by atoms with van der Waals surface area (Å²) in [4.78, 5) is 5.86. The molecule has 2 rings (SSSR count). The Kier molecular flexibility index (Phi) is 3.97. The molecule has 0 atom stereocenters. The van der Waals surface area contributed by atoms with E-state index >= 15 is 0 Å². The average Bonchev–Trinajstić information content (AvgIpc) is 2.91. The Bertz CT molecular complexity index is 591. The van der Waals surface area contributed by atoms with Crippen molar-refractivity contribution in [3.8, 4) is 10.7 Å². The summed E-state index contributed by atoms with van der Waals surface area (Å²) in [6, 6.07) is 0. The molecule has 0 aliphatic rings. The molecule has 0 spiro atoms. The Morgan fingerprint density at radius 1 is 1.39 bits per heavy atom. The third kappa shape index (κ3) is 2.27. The van der Waals surface area contributed by atoms with E-state index in [1.54, 1.807) is 11.3 Å². The van der Waals surface area contributed by atoms with Gasteiger partial charge in [-0.25, -0.2) is 4.98 Å². The van der Waals surface area contributed by atoms with Gasteiger partial charge in [0.25, 0.3) is 0 Å². The molecule has 0 bridgehead atoms. The van der Waals surface area contributed by atoms with E-state index in [9.17, 15) is 0 Å². The topological polar surface area (TPSA) is 46.5 Å². The lowest BCUT2D eigenvalue weighted by Crippen LogP contribution is -1.99. The van der Waals surface area contributed by atoms with Gasteiger partial charge in [0, 0.05) is 6.54 Å². The van der Waals surface area contributed by atoms with Gasteiger partial charge in [-0.3, -0.25) is 9.67 Å². The van der Waals surface area contributed by atoms with Gasteiger partial charge in [-0.1, -0.05) is 20.8 Å². The highest BCUT2D eigenvalue weighted by molar-refractivity contribution is 7.71. The van der Waals surface area contributed by atoms with Crippen molar-refractivity contribution in [3.05, 3.63) is 15.5 Å². The normalized spacial score (nSPS) is 11.4. The number of aromatic amines is 1. The predicted octanol–water partition coefficient (Wildman–Crippen LogP) is 3.77. The molecule has 0 aliphatic heterocycles. The standard InChI is InChI=1S/C12H18N4S2/c1-5-8-13-9(7(3)4)10(18-8)11-14-15-12(17)16(11)6-2/h7H,5-6H2,1-4H3,(H,15,17). The van der Waals surface area contributed by atoms with E-state index < -0.39 is 0 Å². The van der Waals surface area contributed by atoms with Gasteiger partial charge in [0.1, 0.15) is 0 Å². The Balaban J connectivity index is 2.62. The highest BCUT2D eigenvalue weighted by Crippen LogP contribution is 2.33. The van der Waals surface area contributed by atoms with Gasteiger partial charge in [0.05, 0.1) is 15.6 Å². The van der Waals surface area contributed by atoms with Crippen LogP contribution in [0.1, 0.15) is 44.3 Å². The van der Waals surface area contributed by atoms with Gasteiger partial charge >= 0.3 is 0 Å². The van der Waals surface area contributed by atoms with E-state index in [0.29, 0.717) is 10.7 Å². The van der Waals surface area contributed by atoms with E-state index in [1.165, 1.54) is 0 Å². The molecule has 18 heavy (non-hydrogen) atoms. The van der Waals surface area contributed by atoms with Gasteiger partial charge in [0.2, 0.25) is 0 Å². The summed E-state index contributed by atoms with van der Waals surface area (Å²) in [6.07, 6.45) is 0.960. The maximum absolute atomic E-state index is 5.25. The lowest BCUT2D eigenvalue weighted by molar-refractivity contribution is 0.752. The SMILES string of the molecule is CCc1nc(C(C)C)c(-c2n[nH]c(=S)n2CC)s1. The van der Waals surface area contributed by atoms with Crippen molar-refractivity contribution in [3.63, 3.8) is 0 Å². The molecule has 0 radical (unpaired) electrons. The first-order valence-electron chi connectivity index (χ1n) is 6.23. The zero-order valence-corrected chi connectivity index (χ0v) is 12.8. The molecule has 0 aromatic carbocycles.